The van der Waals surface area contributed by atoms with Gasteiger partial charge in [-0.1, -0.05) is 17.7 Å². The molecule has 0 aliphatic carbocycles. The van der Waals surface area contributed by atoms with Crippen LogP contribution in [-0.2, 0) is 14.6 Å². The van der Waals surface area contributed by atoms with Gasteiger partial charge in [0, 0.05) is 16.8 Å². The maximum atomic E-state index is 11.9. The van der Waals surface area contributed by atoms with Crippen LogP contribution in [0.25, 0.3) is 0 Å². The zero-order valence-corrected chi connectivity index (χ0v) is 14.0. The zero-order valence-electron chi connectivity index (χ0n) is 12.4. The molecule has 4 nitrogen and oxygen atoms in total. The van der Waals surface area contributed by atoms with E-state index in [4.69, 9.17) is 0 Å². The molecule has 116 valence electrons. The second kappa shape index (κ2) is 6.98. The molecule has 2 rings (SSSR count). The van der Waals surface area contributed by atoms with Crippen molar-refractivity contribution in [2.24, 2.45) is 0 Å². The molecule has 0 fully saturated rings. The lowest BCUT2D eigenvalue weighted by atomic mass is 10.2. The van der Waals surface area contributed by atoms with Crippen molar-refractivity contribution < 1.29 is 13.2 Å². The Morgan fingerprint density at radius 3 is 2.18 bits per heavy atom. The second-order valence-corrected chi connectivity index (χ2v) is 8.01. The molecule has 0 saturated heterocycles. The number of rotatable bonds is 5. The number of amides is 1. The average molecular weight is 335 g/mol. The van der Waals surface area contributed by atoms with Crippen LogP contribution in [0.5, 0.6) is 0 Å². The van der Waals surface area contributed by atoms with Crippen LogP contribution < -0.4 is 5.32 Å². The molecule has 0 aromatic heterocycles. The van der Waals surface area contributed by atoms with Crippen molar-refractivity contribution in [3.8, 4) is 0 Å². The molecule has 0 radical (unpaired) electrons. The first kappa shape index (κ1) is 16.6. The van der Waals surface area contributed by atoms with Crippen LogP contribution in [0.1, 0.15) is 5.56 Å². The van der Waals surface area contributed by atoms with Gasteiger partial charge in [0.1, 0.15) is 0 Å². The summed E-state index contributed by atoms with van der Waals surface area (Å²) in [6.07, 6.45) is 1.15. The van der Waals surface area contributed by atoms with Crippen molar-refractivity contribution >= 4 is 33.2 Å². The Balaban J connectivity index is 1.90. The van der Waals surface area contributed by atoms with E-state index in [1.165, 1.54) is 29.5 Å². The predicted octanol–water partition coefficient (Wildman–Crippen LogP) is 3.13. The van der Waals surface area contributed by atoms with Gasteiger partial charge in [0.05, 0.1) is 10.6 Å². The van der Waals surface area contributed by atoms with Gasteiger partial charge in [-0.2, -0.15) is 0 Å². The molecular formula is C16H17NO3S2. The molecule has 0 heterocycles. The van der Waals surface area contributed by atoms with E-state index in [0.29, 0.717) is 11.4 Å². The third-order valence-corrected chi connectivity index (χ3v) is 5.10. The molecule has 0 spiro atoms. The fourth-order valence-electron chi connectivity index (χ4n) is 1.77. The highest BCUT2D eigenvalue weighted by atomic mass is 32.2. The highest BCUT2D eigenvalue weighted by molar-refractivity contribution is 8.00. The van der Waals surface area contributed by atoms with Crippen LogP contribution >= 0.6 is 11.8 Å². The minimum absolute atomic E-state index is 0.127. The zero-order chi connectivity index (χ0) is 16.2. The quantitative estimate of drug-likeness (QED) is 0.853. The fraction of sp³-hybridized carbons (Fsp3) is 0.188. The standard InChI is InChI=1S/C16H17NO3S2/c1-12-3-7-14(8-4-12)21-11-16(18)17-13-5-9-15(10-6-13)22(2,19)20/h3-10H,11H2,1-2H3,(H,17,18). The van der Waals surface area contributed by atoms with Crippen molar-refractivity contribution in [3.63, 3.8) is 0 Å². The molecule has 6 heteroatoms. The number of sulfone groups is 1. The number of aryl methyl sites for hydroxylation is 1. The summed E-state index contributed by atoms with van der Waals surface area (Å²) in [4.78, 5) is 13.2. The molecule has 1 N–H and O–H groups in total. The monoisotopic (exact) mass is 335 g/mol. The lowest BCUT2D eigenvalue weighted by Crippen LogP contribution is -2.14. The number of nitrogens with one attached hydrogen (secondary N) is 1. The van der Waals surface area contributed by atoms with Gasteiger partial charge in [0.2, 0.25) is 5.91 Å². The van der Waals surface area contributed by atoms with Crippen molar-refractivity contribution in [3.05, 3.63) is 54.1 Å². The summed E-state index contributed by atoms with van der Waals surface area (Å²) in [5, 5.41) is 2.75. The molecule has 0 saturated carbocycles. The summed E-state index contributed by atoms with van der Waals surface area (Å²) in [5.41, 5.74) is 1.77. The highest BCUT2D eigenvalue weighted by Crippen LogP contribution is 2.19. The maximum absolute atomic E-state index is 11.9. The maximum Gasteiger partial charge on any atom is 0.234 e. The van der Waals surface area contributed by atoms with Crippen molar-refractivity contribution in [2.45, 2.75) is 16.7 Å². The Labute approximate surface area is 134 Å². The third-order valence-electron chi connectivity index (χ3n) is 2.96. The molecule has 22 heavy (non-hydrogen) atoms. The molecule has 2 aromatic carbocycles. The molecule has 0 unspecified atom stereocenters. The SMILES string of the molecule is Cc1ccc(SCC(=O)Nc2ccc(S(C)(=O)=O)cc2)cc1. The molecule has 0 atom stereocenters. The Morgan fingerprint density at radius 1 is 1.05 bits per heavy atom. The lowest BCUT2D eigenvalue weighted by Gasteiger charge is -2.06. The van der Waals surface area contributed by atoms with E-state index in [9.17, 15) is 13.2 Å². The average Bonchev–Trinajstić information content (AvgIpc) is 2.46. The van der Waals surface area contributed by atoms with Gasteiger partial charge in [-0.05, 0) is 43.3 Å². The minimum atomic E-state index is -3.21. The largest absolute Gasteiger partial charge is 0.325 e. The smallest absolute Gasteiger partial charge is 0.234 e. The van der Waals surface area contributed by atoms with E-state index in [1.807, 2.05) is 31.2 Å². The Hall–Kier alpha value is -1.79. The summed E-state index contributed by atoms with van der Waals surface area (Å²) in [7, 11) is -3.21. The van der Waals surface area contributed by atoms with Crippen LogP contribution in [0.15, 0.2) is 58.3 Å². The summed E-state index contributed by atoms with van der Waals surface area (Å²) in [6.45, 7) is 2.02. The fourth-order valence-corrected chi connectivity index (χ4v) is 3.09. The van der Waals surface area contributed by atoms with Gasteiger partial charge in [-0.3, -0.25) is 4.79 Å². The minimum Gasteiger partial charge on any atom is -0.325 e. The summed E-state index contributed by atoms with van der Waals surface area (Å²) >= 11 is 1.46. The number of hydrogen-bond donors (Lipinski definition) is 1. The van der Waals surface area contributed by atoms with E-state index >= 15 is 0 Å². The molecule has 0 aliphatic heterocycles. The van der Waals surface area contributed by atoms with Crippen molar-refractivity contribution in [2.75, 3.05) is 17.3 Å². The van der Waals surface area contributed by atoms with Crippen molar-refractivity contribution in [1.29, 1.82) is 0 Å². The highest BCUT2D eigenvalue weighted by Gasteiger charge is 2.08. The number of benzene rings is 2. The van der Waals surface area contributed by atoms with Gasteiger partial charge in [0.15, 0.2) is 9.84 Å². The Morgan fingerprint density at radius 2 is 1.64 bits per heavy atom. The van der Waals surface area contributed by atoms with Crippen LogP contribution in [0, 0.1) is 6.92 Å². The number of thioether (sulfide) groups is 1. The van der Waals surface area contributed by atoms with Crippen molar-refractivity contribution in [1.82, 2.24) is 0 Å². The lowest BCUT2D eigenvalue weighted by molar-refractivity contribution is -0.113. The first-order valence-corrected chi connectivity index (χ1v) is 9.52. The third kappa shape index (κ3) is 4.89. The number of carbonyl (C=O) groups is 1. The molecule has 0 aliphatic rings. The summed E-state index contributed by atoms with van der Waals surface area (Å²) < 4.78 is 22.7. The topological polar surface area (TPSA) is 63.2 Å². The van der Waals surface area contributed by atoms with Gasteiger partial charge >= 0.3 is 0 Å². The van der Waals surface area contributed by atoms with Gasteiger partial charge in [-0.15, -0.1) is 11.8 Å². The molecule has 0 bridgehead atoms. The first-order valence-electron chi connectivity index (χ1n) is 6.64. The van der Waals surface area contributed by atoms with Crippen LogP contribution in [-0.4, -0.2) is 26.3 Å². The van der Waals surface area contributed by atoms with E-state index in [2.05, 4.69) is 5.32 Å². The van der Waals surface area contributed by atoms with Crippen LogP contribution in [0.3, 0.4) is 0 Å². The van der Waals surface area contributed by atoms with Gasteiger partial charge < -0.3 is 5.32 Å². The Kier molecular flexibility index (Phi) is 5.26. The van der Waals surface area contributed by atoms with Crippen LogP contribution in [0.4, 0.5) is 5.69 Å². The first-order chi connectivity index (χ1) is 10.3. The van der Waals surface area contributed by atoms with Gasteiger partial charge in [0.25, 0.3) is 0 Å². The van der Waals surface area contributed by atoms with E-state index in [0.717, 1.165) is 11.2 Å². The summed E-state index contributed by atoms with van der Waals surface area (Å²) in [6, 6.07) is 14.1. The van der Waals surface area contributed by atoms with E-state index < -0.39 is 9.84 Å². The van der Waals surface area contributed by atoms with Crippen LogP contribution in [0.2, 0.25) is 0 Å². The molecular weight excluding hydrogens is 318 g/mol. The second-order valence-electron chi connectivity index (χ2n) is 4.95. The Bertz CT molecular complexity index is 751. The summed E-state index contributed by atoms with van der Waals surface area (Å²) in [5.74, 6) is 0.175. The number of anilines is 1. The van der Waals surface area contributed by atoms with E-state index in [1.54, 1.807) is 12.1 Å². The molecule has 1 amide bonds. The van der Waals surface area contributed by atoms with E-state index in [-0.39, 0.29) is 10.8 Å². The van der Waals surface area contributed by atoms with Gasteiger partial charge in [-0.25, -0.2) is 8.42 Å². The normalized spacial score (nSPS) is 11.2. The molecule has 2 aromatic rings. The number of hydrogen-bond acceptors (Lipinski definition) is 4. The predicted molar refractivity (Wildman–Crippen MR) is 90.1 cm³/mol. The number of carbonyl (C=O) groups excluding carboxylic acids is 1.